The van der Waals surface area contributed by atoms with Crippen LogP contribution in [0.3, 0.4) is 0 Å². The van der Waals surface area contributed by atoms with E-state index >= 15 is 0 Å². The van der Waals surface area contributed by atoms with Gasteiger partial charge >= 0.3 is 11.9 Å². The summed E-state index contributed by atoms with van der Waals surface area (Å²) in [4.78, 5) is 24.6. The van der Waals surface area contributed by atoms with Crippen molar-refractivity contribution in [2.75, 3.05) is 13.2 Å². The number of unbranched alkanes of at least 4 members (excludes halogenated alkanes) is 2. The quantitative estimate of drug-likeness (QED) is 0.0715. The van der Waals surface area contributed by atoms with Crippen molar-refractivity contribution in [2.45, 2.75) is 89.9 Å². The third kappa shape index (κ3) is 9.30. The fourth-order valence-corrected chi connectivity index (χ4v) is 6.60. The van der Waals surface area contributed by atoms with E-state index in [1.165, 1.54) is 30.4 Å². The van der Waals surface area contributed by atoms with Crippen molar-refractivity contribution in [3.63, 3.8) is 0 Å². The smallest absolute Gasteiger partial charge is 0.341 e. The Bertz CT molecular complexity index is 1510. The van der Waals surface area contributed by atoms with Crippen LogP contribution in [0, 0.1) is 5.92 Å². The van der Waals surface area contributed by atoms with Crippen molar-refractivity contribution in [3.8, 4) is 11.5 Å². The molecule has 3 aromatic carbocycles. The van der Waals surface area contributed by atoms with Crippen LogP contribution in [0.4, 0.5) is 0 Å². The maximum absolute atomic E-state index is 12.4. The molecule has 0 unspecified atom stereocenters. The number of ether oxygens (including phenoxy) is 2. The zero-order valence-corrected chi connectivity index (χ0v) is 28.1. The molecule has 1 aliphatic carbocycles. The lowest BCUT2D eigenvalue weighted by molar-refractivity contribution is -0.131. The van der Waals surface area contributed by atoms with Crippen LogP contribution in [-0.2, 0) is 34.3 Å². The molecule has 4 rings (SSSR count). The summed E-state index contributed by atoms with van der Waals surface area (Å²) in [5, 5.41) is 18.6. The zero-order valence-electron chi connectivity index (χ0n) is 28.1. The average molecular weight is 639 g/mol. The Morgan fingerprint density at radius 1 is 0.766 bits per heavy atom. The monoisotopic (exact) mass is 638 g/mol. The standard InChI is InChI=1S/C41H50O6/c1-5-7-8-9-31-10-12-32(13-11-31)14-15-33-22-24-41(25-23-33,35-16-19-37(20-17-35)46-39(44)29(3)27-42)36-18-21-38(34(6-2)26-36)47-40(45)30(4)28-43/h10-13,16-21,26,33,42-43H,3-9,14-15,22-25,27-28H2,1-2H3. The number of aliphatic hydroxyl groups is 2. The van der Waals surface area contributed by atoms with E-state index in [2.05, 4.69) is 50.4 Å². The van der Waals surface area contributed by atoms with Gasteiger partial charge in [-0.15, -0.1) is 0 Å². The van der Waals surface area contributed by atoms with Crippen LogP contribution in [-0.4, -0.2) is 35.4 Å². The van der Waals surface area contributed by atoms with E-state index in [-0.39, 0.29) is 16.6 Å². The average Bonchev–Trinajstić information content (AvgIpc) is 3.11. The molecular formula is C41H50O6. The summed E-state index contributed by atoms with van der Waals surface area (Å²) in [6.07, 6.45) is 11.9. The molecule has 47 heavy (non-hydrogen) atoms. The number of benzene rings is 3. The molecule has 0 radical (unpaired) electrons. The van der Waals surface area contributed by atoms with Crippen molar-refractivity contribution in [2.24, 2.45) is 5.92 Å². The molecule has 0 amide bonds. The lowest BCUT2D eigenvalue weighted by Gasteiger charge is -2.42. The van der Waals surface area contributed by atoms with Crippen LogP contribution in [0.1, 0.15) is 93.0 Å². The van der Waals surface area contributed by atoms with Gasteiger partial charge in [0.15, 0.2) is 0 Å². The van der Waals surface area contributed by atoms with E-state index in [0.29, 0.717) is 23.8 Å². The number of esters is 2. The van der Waals surface area contributed by atoms with Crippen LogP contribution >= 0.6 is 0 Å². The summed E-state index contributed by atoms with van der Waals surface area (Å²) in [6.45, 7) is 10.5. The molecular weight excluding hydrogens is 588 g/mol. The Morgan fingerprint density at radius 3 is 1.91 bits per heavy atom. The van der Waals surface area contributed by atoms with Crippen LogP contribution in [0.25, 0.3) is 0 Å². The first-order valence-electron chi connectivity index (χ1n) is 17.1. The summed E-state index contributed by atoms with van der Waals surface area (Å²) in [6, 6.07) is 22.9. The molecule has 2 N–H and O–H groups in total. The van der Waals surface area contributed by atoms with Gasteiger partial charge in [-0.1, -0.05) is 88.4 Å². The molecule has 250 valence electrons. The molecule has 1 aliphatic rings. The predicted octanol–water partition coefficient (Wildman–Crippen LogP) is 8.00. The molecule has 0 saturated heterocycles. The van der Waals surface area contributed by atoms with E-state index in [1.807, 2.05) is 31.2 Å². The Balaban J connectivity index is 1.54. The number of carbonyl (C=O) groups excluding carboxylic acids is 2. The van der Waals surface area contributed by atoms with Crippen LogP contribution in [0.5, 0.6) is 11.5 Å². The van der Waals surface area contributed by atoms with Gasteiger partial charge in [0, 0.05) is 5.41 Å². The Morgan fingerprint density at radius 2 is 1.34 bits per heavy atom. The lowest BCUT2D eigenvalue weighted by atomic mass is 9.62. The number of hydrogen-bond acceptors (Lipinski definition) is 6. The van der Waals surface area contributed by atoms with Crippen molar-refractivity contribution < 1.29 is 29.3 Å². The Hall–Kier alpha value is -4.00. The van der Waals surface area contributed by atoms with Gasteiger partial charge in [-0.25, -0.2) is 9.59 Å². The van der Waals surface area contributed by atoms with E-state index in [0.717, 1.165) is 61.6 Å². The van der Waals surface area contributed by atoms with Gasteiger partial charge in [0.1, 0.15) is 11.5 Å². The van der Waals surface area contributed by atoms with Gasteiger partial charge in [0.25, 0.3) is 0 Å². The van der Waals surface area contributed by atoms with E-state index < -0.39 is 25.2 Å². The first kappa shape index (κ1) is 35.8. The second-order valence-electron chi connectivity index (χ2n) is 12.8. The largest absolute Gasteiger partial charge is 0.423 e. The SMILES string of the molecule is C=C(CO)C(=O)Oc1ccc(C2(c3ccc(OC(=O)C(=C)CO)c(CC)c3)CCC(CCc3ccc(CCCCC)cc3)CC2)cc1. The van der Waals surface area contributed by atoms with Crippen molar-refractivity contribution >= 4 is 11.9 Å². The van der Waals surface area contributed by atoms with Gasteiger partial charge in [-0.3, -0.25) is 0 Å². The van der Waals surface area contributed by atoms with Crippen LogP contribution in [0.15, 0.2) is 91.0 Å². The van der Waals surface area contributed by atoms with Gasteiger partial charge in [-0.2, -0.15) is 0 Å². The first-order chi connectivity index (χ1) is 22.7. The molecule has 6 nitrogen and oxygen atoms in total. The fourth-order valence-electron chi connectivity index (χ4n) is 6.60. The van der Waals surface area contributed by atoms with Crippen molar-refractivity contribution in [3.05, 3.63) is 119 Å². The molecule has 0 spiro atoms. The topological polar surface area (TPSA) is 93.1 Å². The maximum Gasteiger partial charge on any atom is 0.341 e. The summed E-state index contributed by atoms with van der Waals surface area (Å²) >= 11 is 0. The minimum atomic E-state index is -0.650. The van der Waals surface area contributed by atoms with Gasteiger partial charge in [-0.05, 0) is 110 Å². The van der Waals surface area contributed by atoms with Gasteiger partial charge in [0.05, 0.1) is 24.4 Å². The summed E-state index contributed by atoms with van der Waals surface area (Å²) in [7, 11) is 0. The number of rotatable bonds is 16. The summed E-state index contributed by atoms with van der Waals surface area (Å²) in [5.74, 6) is 0.206. The van der Waals surface area contributed by atoms with Crippen LogP contribution in [0.2, 0.25) is 0 Å². The van der Waals surface area contributed by atoms with Gasteiger partial charge < -0.3 is 19.7 Å². The summed E-state index contributed by atoms with van der Waals surface area (Å²) in [5.41, 5.74) is 5.77. The van der Waals surface area contributed by atoms with E-state index in [4.69, 9.17) is 9.47 Å². The normalized spacial score (nSPS) is 17.6. The Kier molecular flexibility index (Phi) is 13.1. The maximum atomic E-state index is 12.4. The number of carbonyl (C=O) groups is 2. The predicted molar refractivity (Wildman–Crippen MR) is 187 cm³/mol. The summed E-state index contributed by atoms with van der Waals surface area (Å²) < 4.78 is 11.0. The van der Waals surface area contributed by atoms with Crippen molar-refractivity contribution in [1.29, 1.82) is 0 Å². The highest BCUT2D eigenvalue weighted by Gasteiger charge is 2.39. The molecule has 0 atom stereocenters. The highest BCUT2D eigenvalue weighted by atomic mass is 16.5. The molecule has 1 fully saturated rings. The highest BCUT2D eigenvalue weighted by Crippen LogP contribution is 2.48. The molecule has 0 bridgehead atoms. The van der Waals surface area contributed by atoms with Gasteiger partial charge in [0.2, 0.25) is 0 Å². The third-order valence-electron chi connectivity index (χ3n) is 9.67. The Labute approximate surface area is 280 Å². The number of aryl methyl sites for hydroxylation is 3. The van der Waals surface area contributed by atoms with Crippen LogP contribution < -0.4 is 9.47 Å². The number of aliphatic hydroxyl groups excluding tert-OH is 2. The second kappa shape index (κ2) is 17.2. The van der Waals surface area contributed by atoms with Crippen molar-refractivity contribution in [1.82, 2.24) is 0 Å². The minimum absolute atomic E-state index is 0.00207. The highest BCUT2D eigenvalue weighted by molar-refractivity contribution is 5.90. The molecule has 3 aromatic rings. The third-order valence-corrected chi connectivity index (χ3v) is 9.67. The molecule has 1 saturated carbocycles. The molecule has 0 aromatic heterocycles. The molecule has 0 aliphatic heterocycles. The zero-order chi connectivity index (χ0) is 33.8. The van der Waals surface area contributed by atoms with E-state index in [1.54, 1.807) is 12.1 Å². The molecule has 6 heteroatoms. The fraction of sp³-hybridized carbons (Fsp3) is 0.415. The number of hydrogen-bond donors (Lipinski definition) is 2. The lowest BCUT2D eigenvalue weighted by Crippen LogP contribution is -2.33. The second-order valence-corrected chi connectivity index (χ2v) is 12.8. The first-order valence-corrected chi connectivity index (χ1v) is 17.1. The molecule has 0 heterocycles. The van der Waals surface area contributed by atoms with E-state index in [9.17, 15) is 19.8 Å². The minimum Gasteiger partial charge on any atom is -0.423 e.